The van der Waals surface area contributed by atoms with Gasteiger partial charge in [0.1, 0.15) is 0 Å². The number of hydrogen-bond acceptors (Lipinski definition) is 3. The third-order valence-electron chi connectivity index (χ3n) is 4.47. The van der Waals surface area contributed by atoms with Gasteiger partial charge in [-0.1, -0.05) is 67.9 Å². The molecule has 0 aliphatic rings. The Morgan fingerprint density at radius 1 is 1.04 bits per heavy atom. The molecule has 0 aliphatic carbocycles. The standard InChI is InChI=1S/C22H28ClNO3S/c1-17(2)15-21(16-25)24(18(3)9-10-19-7-5-4-6-8-19)28(26,27)22-13-11-20(23)12-14-22/h4-14,17-18,21,25H,15-16H2,1-3H3/b10-9+. The fraction of sp³-hybridized carbons (Fsp3) is 0.364. The van der Waals surface area contributed by atoms with Crippen LogP contribution in [0.15, 0.2) is 65.6 Å². The first-order valence-electron chi connectivity index (χ1n) is 9.39. The molecule has 2 unspecified atom stereocenters. The molecule has 4 nitrogen and oxygen atoms in total. The molecule has 2 rings (SSSR count). The Kier molecular flexibility index (Phi) is 8.25. The molecule has 0 spiro atoms. The summed E-state index contributed by atoms with van der Waals surface area (Å²) in [7, 11) is -3.81. The summed E-state index contributed by atoms with van der Waals surface area (Å²) in [5.41, 5.74) is 0.989. The molecule has 0 heterocycles. The minimum Gasteiger partial charge on any atom is -0.395 e. The highest BCUT2D eigenvalue weighted by Gasteiger charge is 2.34. The summed E-state index contributed by atoms with van der Waals surface area (Å²) in [5.74, 6) is 0.241. The minimum atomic E-state index is -3.81. The Labute approximate surface area is 173 Å². The quantitative estimate of drug-likeness (QED) is 0.630. The van der Waals surface area contributed by atoms with Gasteiger partial charge in [-0.2, -0.15) is 4.31 Å². The molecule has 1 N–H and O–H groups in total. The fourth-order valence-electron chi connectivity index (χ4n) is 3.18. The molecule has 0 radical (unpaired) electrons. The second-order valence-electron chi connectivity index (χ2n) is 7.27. The van der Waals surface area contributed by atoms with Crippen molar-refractivity contribution in [2.24, 2.45) is 5.92 Å². The summed E-state index contributed by atoms with van der Waals surface area (Å²) < 4.78 is 28.2. The Balaban J connectivity index is 2.43. The Bertz CT molecular complexity index is 864. The number of nitrogens with zero attached hydrogens (tertiary/aromatic N) is 1. The van der Waals surface area contributed by atoms with E-state index in [4.69, 9.17) is 11.6 Å². The van der Waals surface area contributed by atoms with Crippen molar-refractivity contribution < 1.29 is 13.5 Å². The molecule has 0 fully saturated rings. The number of aliphatic hydroxyl groups is 1. The van der Waals surface area contributed by atoms with E-state index in [-0.39, 0.29) is 17.4 Å². The van der Waals surface area contributed by atoms with Crippen LogP contribution in [0.1, 0.15) is 32.8 Å². The topological polar surface area (TPSA) is 57.6 Å². The van der Waals surface area contributed by atoms with Crippen LogP contribution < -0.4 is 0 Å². The Morgan fingerprint density at radius 3 is 2.18 bits per heavy atom. The van der Waals surface area contributed by atoms with Crippen LogP contribution in [0.3, 0.4) is 0 Å². The monoisotopic (exact) mass is 421 g/mol. The van der Waals surface area contributed by atoms with Gasteiger partial charge in [-0.05, 0) is 49.1 Å². The first kappa shape index (κ1) is 22.6. The first-order valence-corrected chi connectivity index (χ1v) is 11.2. The van der Waals surface area contributed by atoms with Crippen molar-refractivity contribution in [2.45, 2.75) is 44.2 Å². The highest BCUT2D eigenvalue weighted by atomic mass is 35.5. The predicted molar refractivity (Wildman–Crippen MR) is 116 cm³/mol. The smallest absolute Gasteiger partial charge is 0.243 e. The van der Waals surface area contributed by atoms with Gasteiger partial charge in [0.15, 0.2) is 0 Å². The van der Waals surface area contributed by atoms with Gasteiger partial charge in [-0.15, -0.1) is 0 Å². The number of halogens is 1. The molecular weight excluding hydrogens is 394 g/mol. The highest BCUT2D eigenvalue weighted by Crippen LogP contribution is 2.26. The van der Waals surface area contributed by atoms with Gasteiger partial charge in [0.25, 0.3) is 0 Å². The predicted octanol–water partition coefficient (Wildman–Crippen LogP) is 4.84. The lowest BCUT2D eigenvalue weighted by molar-refractivity contribution is 0.156. The molecule has 152 valence electrons. The molecule has 6 heteroatoms. The Morgan fingerprint density at radius 2 is 1.64 bits per heavy atom. The summed E-state index contributed by atoms with van der Waals surface area (Å²) in [5, 5.41) is 10.5. The second-order valence-corrected chi connectivity index (χ2v) is 9.54. The van der Waals surface area contributed by atoms with E-state index in [1.165, 1.54) is 16.4 Å². The van der Waals surface area contributed by atoms with E-state index in [0.29, 0.717) is 11.4 Å². The van der Waals surface area contributed by atoms with E-state index >= 15 is 0 Å². The molecule has 0 saturated heterocycles. The van der Waals surface area contributed by atoms with Crippen molar-refractivity contribution in [3.8, 4) is 0 Å². The van der Waals surface area contributed by atoms with Crippen LogP contribution in [0.4, 0.5) is 0 Å². The molecular formula is C22H28ClNO3S. The number of aliphatic hydroxyl groups excluding tert-OH is 1. The van der Waals surface area contributed by atoms with Crippen LogP contribution in [0, 0.1) is 5.92 Å². The van der Waals surface area contributed by atoms with Crippen molar-refractivity contribution in [1.82, 2.24) is 4.31 Å². The van der Waals surface area contributed by atoms with Gasteiger partial charge in [0, 0.05) is 17.1 Å². The molecule has 0 aliphatic heterocycles. The summed E-state index contributed by atoms with van der Waals surface area (Å²) in [6, 6.07) is 14.9. The van der Waals surface area contributed by atoms with E-state index in [0.717, 1.165) is 5.56 Å². The average Bonchev–Trinajstić information content (AvgIpc) is 2.66. The average molecular weight is 422 g/mol. The molecule has 0 aromatic heterocycles. The van der Waals surface area contributed by atoms with E-state index in [2.05, 4.69) is 0 Å². The highest BCUT2D eigenvalue weighted by molar-refractivity contribution is 7.89. The van der Waals surface area contributed by atoms with Gasteiger partial charge >= 0.3 is 0 Å². The SMILES string of the molecule is CC(C)CC(CO)N(C(C)/C=C/c1ccccc1)S(=O)(=O)c1ccc(Cl)cc1. The molecule has 0 bridgehead atoms. The van der Waals surface area contributed by atoms with E-state index in [1.807, 2.05) is 63.3 Å². The number of rotatable bonds is 9. The maximum absolute atomic E-state index is 13.4. The van der Waals surface area contributed by atoms with Crippen molar-refractivity contribution in [2.75, 3.05) is 6.61 Å². The van der Waals surface area contributed by atoms with Crippen LogP contribution in [0.2, 0.25) is 5.02 Å². The van der Waals surface area contributed by atoms with Crippen LogP contribution >= 0.6 is 11.6 Å². The van der Waals surface area contributed by atoms with Gasteiger partial charge in [-0.3, -0.25) is 0 Å². The normalized spacial score (nSPS) is 14.7. The first-order chi connectivity index (χ1) is 13.3. The summed E-state index contributed by atoms with van der Waals surface area (Å²) in [4.78, 5) is 0.166. The lowest BCUT2D eigenvalue weighted by Crippen LogP contribution is -2.47. The third-order valence-corrected chi connectivity index (χ3v) is 6.78. The zero-order valence-electron chi connectivity index (χ0n) is 16.5. The molecule has 2 atom stereocenters. The van der Waals surface area contributed by atoms with Crippen LogP contribution in [-0.4, -0.2) is 36.5 Å². The van der Waals surface area contributed by atoms with Crippen molar-refractivity contribution in [3.63, 3.8) is 0 Å². The van der Waals surface area contributed by atoms with Gasteiger partial charge < -0.3 is 5.11 Å². The maximum Gasteiger partial charge on any atom is 0.243 e. The number of hydrogen-bond donors (Lipinski definition) is 1. The van der Waals surface area contributed by atoms with E-state index in [9.17, 15) is 13.5 Å². The molecule has 2 aromatic carbocycles. The van der Waals surface area contributed by atoms with Crippen LogP contribution in [0.5, 0.6) is 0 Å². The summed E-state index contributed by atoms with van der Waals surface area (Å²) in [6.45, 7) is 5.62. The van der Waals surface area contributed by atoms with Crippen LogP contribution in [0.25, 0.3) is 6.08 Å². The maximum atomic E-state index is 13.4. The largest absolute Gasteiger partial charge is 0.395 e. The van der Waals surface area contributed by atoms with Gasteiger partial charge in [-0.25, -0.2) is 8.42 Å². The molecule has 0 saturated carbocycles. The zero-order chi connectivity index (χ0) is 20.7. The summed E-state index contributed by atoms with van der Waals surface area (Å²) >= 11 is 5.92. The zero-order valence-corrected chi connectivity index (χ0v) is 18.1. The molecule has 28 heavy (non-hydrogen) atoms. The molecule has 2 aromatic rings. The summed E-state index contributed by atoms with van der Waals surface area (Å²) in [6.07, 6.45) is 4.32. The van der Waals surface area contributed by atoms with Crippen molar-refractivity contribution in [1.29, 1.82) is 0 Å². The van der Waals surface area contributed by atoms with Gasteiger partial charge in [0.05, 0.1) is 11.5 Å². The third kappa shape index (κ3) is 5.92. The van der Waals surface area contributed by atoms with Crippen molar-refractivity contribution >= 4 is 27.7 Å². The second kappa shape index (κ2) is 10.2. The van der Waals surface area contributed by atoms with Crippen LogP contribution in [-0.2, 0) is 10.0 Å². The van der Waals surface area contributed by atoms with E-state index in [1.54, 1.807) is 12.1 Å². The van der Waals surface area contributed by atoms with Crippen molar-refractivity contribution in [3.05, 3.63) is 71.3 Å². The Hall–Kier alpha value is -1.66. The molecule has 0 amide bonds. The lowest BCUT2D eigenvalue weighted by atomic mass is 10.0. The number of sulfonamides is 1. The van der Waals surface area contributed by atoms with Gasteiger partial charge in [0.2, 0.25) is 10.0 Å². The lowest BCUT2D eigenvalue weighted by Gasteiger charge is -2.34. The fourth-order valence-corrected chi connectivity index (χ4v) is 5.08. The van der Waals surface area contributed by atoms with E-state index < -0.39 is 22.1 Å². The minimum absolute atomic E-state index is 0.166. The number of benzene rings is 2.